The predicted molar refractivity (Wildman–Crippen MR) is 98.0 cm³/mol. The van der Waals surface area contributed by atoms with Crippen LogP contribution in [0.2, 0.25) is 0 Å². The number of carbonyl (C=O) groups excluding carboxylic acids is 2. The zero-order valence-corrected chi connectivity index (χ0v) is 14.3. The molecule has 0 saturated heterocycles. The Morgan fingerprint density at radius 1 is 1.04 bits per heavy atom. The Kier molecular flexibility index (Phi) is 6.67. The van der Waals surface area contributed by atoms with Crippen molar-refractivity contribution in [2.24, 2.45) is 0 Å². The summed E-state index contributed by atoms with van der Waals surface area (Å²) in [6.45, 7) is 2.41. The van der Waals surface area contributed by atoms with E-state index in [0.29, 0.717) is 18.7 Å². The van der Waals surface area contributed by atoms with Gasteiger partial charge in [0, 0.05) is 36.5 Å². The number of amides is 2. The van der Waals surface area contributed by atoms with Crippen LogP contribution in [-0.2, 0) is 4.79 Å². The van der Waals surface area contributed by atoms with E-state index in [-0.39, 0.29) is 17.5 Å². The number of non-ortho nitro benzene ring substituents is 1. The number of rotatable bonds is 8. The number of anilines is 1. The van der Waals surface area contributed by atoms with Crippen molar-refractivity contribution in [2.45, 2.75) is 13.0 Å². The fraction of sp³-hybridized carbons (Fsp3) is 0.222. The molecule has 0 spiro atoms. The minimum absolute atomic E-state index is 0.0202. The molecule has 0 aromatic heterocycles. The molecule has 0 heterocycles. The molecule has 136 valence electrons. The van der Waals surface area contributed by atoms with Crippen molar-refractivity contribution in [2.75, 3.05) is 18.4 Å². The molecular formula is C18H20N4O4. The molecule has 8 heteroatoms. The third-order valence-electron chi connectivity index (χ3n) is 3.61. The van der Waals surface area contributed by atoms with Crippen molar-refractivity contribution in [3.63, 3.8) is 0 Å². The van der Waals surface area contributed by atoms with Gasteiger partial charge in [-0.05, 0) is 31.2 Å². The molecule has 2 aromatic carbocycles. The number of nitrogens with zero attached hydrogens (tertiary/aromatic N) is 1. The molecule has 0 saturated carbocycles. The molecule has 2 amide bonds. The van der Waals surface area contributed by atoms with Crippen LogP contribution in [0.1, 0.15) is 17.3 Å². The van der Waals surface area contributed by atoms with Crippen LogP contribution in [-0.4, -0.2) is 35.9 Å². The molecule has 0 aliphatic rings. The molecule has 0 aliphatic carbocycles. The molecule has 1 unspecified atom stereocenters. The van der Waals surface area contributed by atoms with Gasteiger partial charge in [-0.2, -0.15) is 0 Å². The van der Waals surface area contributed by atoms with E-state index in [9.17, 15) is 19.7 Å². The summed E-state index contributed by atoms with van der Waals surface area (Å²) in [5, 5.41) is 19.0. The summed E-state index contributed by atoms with van der Waals surface area (Å²) < 4.78 is 0. The first-order valence-corrected chi connectivity index (χ1v) is 8.09. The van der Waals surface area contributed by atoms with Gasteiger partial charge in [-0.25, -0.2) is 0 Å². The Morgan fingerprint density at radius 3 is 2.31 bits per heavy atom. The largest absolute Gasteiger partial charge is 0.383 e. The Labute approximate surface area is 150 Å². The van der Waals surface area contributed by atoms with Crippen molar-refractivity contribution >= 4 is 23.2 Å². The van der Waals surface area contributed by atoms with E-state index in [1.807, 2.05) is 6.07 Å². The summed E-state index contributed by atoms with van der Waals surface area (Å²) in [5.41, 5.74) is 1.23. The van der Waals surface area contributed by atoms with Crippen LogP contribution >= 0.6 is 0 Å². The van der Waals surface area contributed by atoms with Gasteiger partial charge in [0.05, 0.1) is 4.92 Å². The van der Waals surface area contributed by atoms with Gasteiger partial charge in [0.2, 0.25) is 5.91 Å². The fourth-order valence-electron chi connectivity index (χ4n) is 2.18. The Hall–Kier alpha value is -3.42. The second kappa shape index (κ2) is 9.16. The number of nitro benzene ring substituents is 1. The van der Waals surface area contributed by atoms with E-state index in [1.165, 1.54) is 12.1 Å². The summed E-state index contributed by atoms with van der Waals surface area (Å²) in [5.74, 6) is -0.600. The first-order valence-electron chi connectivity index (χ1n) is 8.09. The number of nitrogens with one attached hydrogen (secondary N) is 3. The lowest BCUT2D eigenvalue weighted by Gasteiger charge is -2.14. The number of carbonyl (C=O) groups is 2. The van der Waals surface area contributed by atoms with Gasteiger partial charge < -0.3 is 16.0 Å². The first-order chi connectivity index (χ1) is 12.5. The lowest BCUT2D eigenvalue weighted by atomic mass is 10.2. The molecular weight excluding hydrogens is 336 g/mol. The highest BCUT2D eigenvalue weighted by Gasteiger charge is 2.15. The van der Waals surface area contributed by atoms with Crippen LogP contribution in [0.3, 0.4) is 0 Å². The van der Waals surface area contributed by atoms with E-state index in [4.69, 9.17) is 0 Å². The van der Waals surface area contributed by atoms with Crippen molar-refractivity contribution in [3.05, 3.63) is 70.3 Å². The summed E-state index contributed by atoms with van der Waals surface area (Å²) in [7, 11) is 0. The lowest BCUT2D eigenvalue weighted by molar-refractivity contribution is -0.384. The molecule has 2 aromatic rings. The SMILES string of the molecule is CC(NC(=O)c1ccccc1)C(=O)NCCNc1ccc([N+](=O)[O-])cc1. The number of hydrogen-bond donors (Lipinski definition) is 3. The van der Waals surface area contributed by atoms with Crippen LogP contribution in [0.4, 0.5) is 11.4 Å². The fourth-order valence-corrected chi connectivity index (χ4v) is 2.18. The Bertz CT molecular complexity index is 763. The minimum Gasteiger partial charge on any atom is -0.383 e. The van der Waals surface area contributed by atoms with Gasteiger partial charge in [-0.3, -0.25) is 19.7 Å². The first kappa shape index (κ1) is 18.9. The van der Waals surface area contributed by atoms with Crippen molar-refractivity contribution < 1.29 is 14.5 Å². The zero-order valence-electron chi connectivity index (χ0n) is 14.3. The summed E-state index contributed by atoms with van der Waals surface area (Å²) in [6, 6.07) is 14.0. The third kappa shape index (κ3) is 5.59. The highest BCUT2D eigenvalue weighted by atomic mass is 16.6. The van der Waals surface area contributed by atoms with E-state index in [1.54, 1.807) is 43.3 Å². The zero-order chi connectivity index (χ0) is 18.9. The summed E-state index contributed by atoms with van der Waals surface area (Å²) >= 11 is 0. The molecule has 26 heavy (non-hydrogen) atoms. The van der Waals surface area contributed by atoms with Crippen molar-refractivity contribution in [1.82, 2.24) is 10.6 Å². The van der Waals surface area contributed by atoms with Gasteiger partial charge in [0.1, 0.15) is 6.04 Å². The van der Waals surface area contributed by atoms with Crippen LogP contribution in [0.5, 0.6) is 0 Å². The molecule has 0 bridgehead atoms. The Balaban J connectivity index is 1.71. The van der Waals surface area contributed by atoms with Gasteiger partial charge in [0.15, 0.2) is 0 Å². The molecule has 0 radical (unpaired) electrons. The van der Waals surface area contributed by atoms with E-state index < -0.39 is 11.0 Å². The highest BCUT2D eigenvalue weighted by Crippen LogP contribution is 2.14. The van der Waals surface area contributed by atoms with Crippen LogP contribution in [0.15, 0.2) is 54.6 Å². The number of benzene rings is 2. The monoisotopic (exact) mass is 356 g/mol. The van der Waals surface area contributed by atoms with Crippen molar-refractivity contribution in [3.8, 4) is 0 Å². The molecule has 2 rings (SSSR count). The van der Waals surface area contributed by atoms with E-state index in [0.717, 1.165) is 5.69 Å². The second-order valence-electron chi connectivity index (χ2n) is 5.58. The standard InChI is InChI=1S/C18H20N4O4/c1-13(21-18(24)14-5-3-2-4-6-14)17(23)20-12-11-19-15-7-9-16(10-8-15)22(25)26/h2-10,13,19H,11-12H2,1H3,(H,20,23)(H,21,24). The quantitative estimate of drug-likeness (QED) is 0.380. The number of hydrogen-bond acceptors (Lipinski definition) is 5. The van der Waals surface area contributed by atoms with E-state index in [2.05, 4.69) is 16.0 Å². The smallest absolute Gasteiger partial charge is 0.269 e. The maximum atomic E-state index is 12.0. The average molecular weight is 356 g/mol. The minimum atomic E-state index is -0.665. The lowest BCUT2D eigenvalue weighted by Crippen LogP contribution is -2.45. The summed E-state index contributed by atoms with van der Waals surface area (Å²) in [4.78, 5) is 34.1. The summed E-state index contributed by atoms with van der Waals surface area (Å²) in [6.07, 6.45) is 0. The van der Waals surface area contributed by atoms with Gasteiger partial charge in [-0.15, -0.1) is 0 Å². The topological polar surface area (TPSA) is 113 Å². The predicted octanol–water partition coefficient (Wildman–Crippen LogP) is 1.94. The molecule has 3 N–H and O–H groups in total. The average Bonchev–Trinajstić information content (AvgIpc) is 2.66. The molecule has 1 atom stereocenters. The van der Waals surface area contributed by atoms with E-state index >= 15 is 0 Å². The number of nitro groups is 1. The van der Waals surface area contributed by atoms with Gasteiger partial charge in [0.25, 0.3) is 11.6 Å². The third-order valence-corrected chi connectivity index (χ3v) is 3.61. The van der Waals surface area contributed by atoms with Crippen LogP contribution in [0, 0.1) is 10.1 Å². The van der Waals surface area contributed by atoms with Crippen LogP contribution in [0.25, 0.3) is 0 Å². The Morgan fingerprint density at radius 2 is 1.69 bits per heavy atom. The molecule has 0 fully saturated rings. The van der Waals surface area contributed by atoms with Gasteiger partial charge in [-0.1, -0.05) is 18.2 Å². The van der Waals surface area contributed by atoms with Gasteiger partial charge >= 0.3 is 0 Å². The maximum absolute atomic E-state index is 12.0. The molecule has 8 nitrogen and oxygen atoms in total. The maximum Gasteiger partial charge on any atom is 0.269 e. The highest BCUT2D eigenvalue weighted by molar-refractivity contribution is 5.97. The van der Waals surface area contributed by atoms with Crippen molar-refractivity contribution in [1.29, 1.82) is 0 Å². The second-order valence-corrected chi connectivity index (χ2v) is 5.58. The molecule has 0 aliphatic heterocycles. The van der Waals surface area contributed by atoms with Crippen LogP contribution < -0.4 is 16.0 Å². The normalized spacial score (nSPS) is 11.3.